The third-order valence-electron chi connectivity index (χ3n) is 3.70. The Labute approximate surface area is 108 Å². The maximum absolute atomic E-state index is 5.26. The molecular weight excluding hydrogens is 244 g/mol. The molecule has 0 aromatic rings. The molecule has 0 aromatic heterocycles. The number of aliphatic imine (C=N–C) groups is 1. The summed E-state index contributed by atoms with van der Waals surface area (Å²) in [6.45, 7) is 2.90. The highest BCUT2D eigenvalue weighted by Crippen LogP contribution is 2.47. The van der Waals surface area contributed by atoms with Crippen LogP contribution in [-0.2, 0) is 4.84 Å². The zero-order valence-corrected chi connectivity index (χ0v) is 11.4. The van der Waals surface area contributed by atoms with Crippen molar-refractivity contribution in [3.8, 4) is 0 Å². The molecule has 3 unspecified atom stereocenters. The molecule has 3 nitrogen and oxygen atoms in total. The SMILES string of the molecule is CC1CCCCC1C1(CON)N=CCS1.Cl. The first kappa shape index (κ1) is 14.3. The average molecular weight is 265 g/mol. The topological polar surface area (TPSA) is 47.6 Å². The Morgan fingerprint density at radius 2 is 2.25 bits per heavy atom. The molecule has 16 heavy (non-hydrogen) atoms. The molecule has 0 bridgehead atoms. The fraction of sp³-hybridized carbons (Fsp3) is 0.909. The lowest BCUT2D eigenvalue weighted by Gasteiger charge is -2.40. The summed E-state index contributed by atoms with van der Waals surface area (Å²) in [5.74, 6) is 7.65. The van der Waals surface area contributed by atoms with Gasteiger partial charge >= 0.3 is 0 Å². The molecule has 0 radical (unpaired) electrons. The maximum Gasteiger partial charge on any atom is 0.134 e. The molecule has 1 aliphatic carbocycles. The van der Waals surface area contributed by atoms with Gasteiger partial charge in [0.25, 0.3) is 0 Å². The largest absolute Gasteiger partial charge is 0.301 e. The summed E-state index contributed by atoms with van der Waals surface area (Å²) >= 11 is 1.90. The van der Waals surface area contributed by atoms with Gasteiger partial charge in [0.2, 0.25) is 0 Å². The van der Waals surface area contributed by atoms with Gasteiger partial charge in [-0.05, 0) is 18.3 Å². The summed E-state index contributed by atoms with van der Waals surface area (Å²) in [6.07, 6.45) is 7.32. The molecule has 0 saturated heterocycles. The van der Waals surface area contributed by atoms with Gasteiger partial charge in [-0.25, -0.2) is 5.90 Å². The minimum Gasteiger partial charge on any atom is -0.301 e. The van der Waals surface area contributed by atoms with Crippen molar-refractivity contribution in [2.24, 2.45) is 22.7 Å². The van der Waals surface area contributed by atoms with E-state index in [1.54, 1.807) is 0 Å². The zero-order chi connectivity index (χ0) is 10.7. The fourth-order valence-corrected chi connectivity index (χ4v) is 4.21. The van der Waals surface area contributed by atoms with Crippen LogP contribution in [-0.4, -0.2) is 23.4 Å². The first-order valence-corrected chi connectivity index (χ1v) is 6.76. The Kier molecular flexibility index (Phi) is 5.57. The van der Waals surface area contributed by atoms with Crippen molar-refractivity contribution in [3.05, 3.63) is 0 Å². The second-order valence-corrected chi connectivity index (χ2v) is 5.98. The van der Waals surface area contributed by atoms with Crippen molar-refractivity contribution < 1.29 is 4.84 Å². The Bertz CT molecular complexity index is 252. The standard InChI is InChI=1S/C11H20N2OS.ClH/c1-9-4-2-3-5-10(9)11(8-14-12)13-6-7-15-11;/h6,9-10H,2-5,7-8,12H2,1H3;1H. The van der Waals surface area contributed by atoms with Crippen LogP contribution in [0.15, 0.2) is 4.99 Å². The van der Waals surface area contributed by atoms with Crippen LogP contribution in [0.5, 0.6) is 0 Å². The van der Waals surface area contributed by atoms with E-state index in [0.29, 0.717) is 12.5 Å². The van der Waals surface area contributed by atoms with Crippen molar-refractivity contribution >= 4 is 30.4 Å². The van der Waals surface area contributed by atoms with Crippen molar-refractivity contribution in [1.29, 1.82) is 0 Å². The molecule has 0 spiro atoms. The van der Waals surface area contributed by atoms with E-state index in [-0.39, 0.29) is 17.3 Å². The molecule has 1 fully saturated rings. The predicted molar refractivity (Wildman–Crippen MR) is 72.2 cm³/mol. The summed E-state index contributed by atoms with van der Waals surface area (Å²) in [6, 6.07) is 0. The Balaban J connectivity index is 0.00000128. The Hall–Kier alpha value is 0.230. The summed E-state index contributed by atoms with van der Waals surface area (Å²) in [7, 11) is 0. The molecule has 3 atom stereocenters. The van der Waals surface area contributed by atoms with Crippen LogP contribution in [0.2, 0.25) is 0 Å². The highest BCUT2D eigenvalue weighted by atomic mass is 35.5. The van der Waals surface area contributed by atoms with E-state index in [4.69, 9.17) is 10.7 Å². The minimum absolute atomic E-state index is 0. The van der Waals surface area contributed by atoms with Crippen molar-refractivity contribution in [2.45, 2.75) is 37.5 Å². The van der Waals surface area contributed by atoms with Crippen LogP contribution >= 0.6 is 24.2 Å². The van der Waals surface area contributed by atoms with Crippen LogP contribution in [0.1, 0.15) is 32.6 Å². The van der Waals surface area contributed by atoms with Gasteiger partial charge in [-0.15, -0.1) is 24.2 Å². The fourth-order valence-electron chi connectivity index (χ4n) is 2.91. The minimum atomic E-state index is -0.0748. The molecular formula is C11H21ClN2OS. The normalized spacial score (nSPS) is 38.4. The van der Waals surface area contributed by atoms with Gasteiger partial charge in [0.15, 0.2) is 0 Å². The van der Waals surface area contributed by atoms with Crippen molar-refractivity contribution in [1.82, 2.24) is 0 Å². The van der Waals surface area contributed by atoms with Gasteiger partial charge in [0.1, 0.15) is 11.5 Å². The molecule has 0 aromatic carbocycles. The number of halogens is 1. The average Bonchev–Trinajstić information content (AvgIpc) is 2.69. The molecule has 94 valence electrons. The van der Waals surface area contributed by atoms with Gasteiger partial charge in [0, 0.05) is 12.0 Å². The molecule has 0 amide bonds. The van der Waals surface area contributed by atoms with E-state index in [1.165, 1.54) is 25.7 Å². The van der Waals surface area contributed by atoms with Gasteiger partial charge in [0.05, 0.1) is 0 Å². The summed E-state index contributed by atoms with van der Waals surface area (Å²) in [5, 5.41) is 0. The highest BCUT2D eigenvalue weighted by molar-refractivity contribution is 8.01. The molecule has 2 N–H and O–H groups in total. The number of rotatable bonds is 3. The van der Waals surface area contributed by atoms with Crippen molar-refractivity contribution in [2.75, 3.05) is 12.4 Å². The second kappa shape index (κ2) is 6.24. The number of thioether (sulfide) groups is 1. The van der Waals surface area contributed by atoms with Crippen LogP contribution in [0.25, 0.3) is 0 Å². The molecule has 2 aliphatic rings. The van der Waals surface area contributed by atoms with Crippen molar-refractivity contribution in [3.63, 3.8) is 0 Å². The third-order valence-corrected chi connectivity index (χ3v) is 5.04. The zero-order valence-electron chi connectivity index (χ0n) is 9.72. The summed E-state index contributed by atoms with van der Waals surface area (Å²) < 4.78 is 0. The third kappa shape index (κ3) is 2.73. The molecule has 1 heterocycles. The van der Waals surface area contributed by atoms with Crippen LogP contribution < -0.4 is 5.90 Å². The number of hydrogen-bond acceptors (Lipinski definition) is 4. The first-order chi connectivity index (χ1) is 7.28. The lowest BCUT2D eigenvalue weighted by atomic mass is 9.76. The smallest absolute Gasteiger partial charge is 0.134 e. The van der Waals surface area contributed by atoms with E-state index < -0.39 is 0 Å². The van der Waals surface area contributed by atoms with E-state index in [9.17, 15) is 0 Å². The first-order valence-electron chi connectivity index (χ1n) is 5.78. The van der Waals surface area contributed by atoms with Crippen LogP contribution in [0.3, 0.4) is 0 Å². The van der Waals surface area contributed by atoms with E-state index in [1.807, 2.05) is 18.0 Å². The summed E-state index contributed by atoms with van der Waals surface area (Å²) in [4.78, 5) is 9.49. The predicted octanol–water partition coefficient (Wildman–Crippen LogP) is 2.64. The lowest BCUT2D eigenvalue weighted by Crippen LogP contribution is -2.41. The molecule has 1 aliphatic heterocycles. The summed E-state index contributed by atoms with van der Waals surface area (Å²) in [5.41, 5.74) is 0. The van der Waals surface area contributed by atoms with Gasteiger partial charge in [-0.3, -0.25) is 4.99 Å². The quantitative estimate of drug-likeness (QED) is 0.798. The van der Waals surface area contributed by atoms with E-state index in [0.717, 1.165) is 11.7 Å². The number of hydrogen-bond donors (Lipinski definition) is 1. The van der Waals surface area contributed by atoms with Crippen LogP contribution in [0.4, 0.5) is 0 Å². The highest BCUT2D eigenvalue weighted by Gasteiger charge is 2.44. The molecule has 1 saturated carbocycles. The number of nitrogens with two attached hydrogens (primary N) is 1. The van der Waals surface area contributed by atoms with E-state index >= 15 is 0 Å². The Morgan fingerprint density at radius 1 is 1.50 bits per heavy atom. The maximum atomic E-state index is 5.26. The second-order valence-electron chi connectivity index (χ2n) is 4.65. The Morgan fingerprint density at radius 3 is 2.81 bits per heavy atom. The van der Waals surface area contributed by atoms with Gasteiger partial charge < -0.3 is 4.84 Å². The van der Waals surface area contributed by atoms with Crippen LogP contribution in [0, 0.1) is 11.8 Å². The van der Waals surface area contributed by atoms with E-state index in [2.05, 4.69) is 11.9 Å². The lowest BCUT2D eigenvalue weighted by molar-refractivity contribution is 0.0733. The van der Waals surface area contributed by atoms with Gasteiger partial charge in [-0.2, -0.15) is 0 Å². The molecule has 5 heteroatoms. The number of nitrogens with zero attached hydrogens (tertiary/aromatic N) is 1. The monoisotopic (exact) mass is 264 g/mol. The molecule has 2 rings (SSSR count). The van der Waals surface area contributed by atoms with Gasteiger partial charge in [-0.1, -0.05) is 26.2 Å².